The fourth-order valence-electron chi connectivity index (χ4n) is 3.56. The standard InChI is InChI=1S/C21H16ClO/c22-17-12-10-15(11-13-17)19-18(14-6-2-1-3-7-14)20(19)21(23)16-8-4-5-9-16/h1-13,18-20H. The topological polar surface area (TPSA) is 17.1 Å². The lowest BCUT2D eigenvalue weighted by molar-refractivity contribution is -0.118. The average Bonchev–Trinajstić information content (AvgIpc) is 3.08. The Bertz CT molecular complexity index is 686. The predicted octanol–water partition coefficient (Wildman–Crippen LogP) is 4.81. The van der Waals surface area contributed by atoms with Gasteiger partial charge in [-0.3, -0.25) is 4.79 Å². The zero-order valence-electron chi connectivity index (χ0n) is 12.5. The fourth-order valence-corrected chi connectivity index (χ4v) is 3.68. The maximum absolute atomic E-state index is 12.9. The summed E-state index contributed by atoms with van der Waals surface area (Å²) in [7, 11) is 0. The number of halogens is 1. The van der Waals surface area contributed by atoms with Crippen LogP contribution in [0.15, 0.2) is 54.6 Å². The third-order valence-corrected chi connectivity index (χ3v) is 4.96. The van der Waals surface area contributed by atoms with E-state index >= 15 is 0 Å². The van der Waals surface area contributed by atoms with Gasteiger partial charge in [0.1, 0.15) is 5.78 Å². The Kier molecular flexibility index (Phi) is 3.98. The van der Waals surface area contributed by atoms with E-state index in [-0.39, 0.29) is 23.5 Å². The molecule has 5 radical (unpaired) electrons. The molecule has 0 spiro atoms. The van der Waals surface area contributed by atoms with Crippen molar-refractivity contribution >= 4 is 17.4 Å². The van der Waals surface area contributed by atoms with Gasteiger partial charge in [-0.25, -0.2) is 0 Å². The van der Waals surface area contributed by atoms with Crippen LogP contribution in [0.4, 0.5) is 0 Å². The molecule has 0 heterocycles. The van der Waals surface area contributed by atoms with Crippen LogP contribution in [0.3, 0.4) is 0 Å². The van der Waals surface area contributed by atoms with E-state index in [1.54, 1.807) is 0 Å². The van der Waals surface area contributed by atoms with Gasteiger partial charge in [0, 0.05) is 28.7 Å². The minimum atomic E-state index is 0.0148. The summed E-state index contributed by atoms with van der Waals surface area (Å²) < 4.78 is 0. The maximum atomic E-state index is 12.9. The Morgan fingerprint density at radius 2 is 1.35 bits per heavy atom. The van der Waals surface area contributed by atoms with Gasteiger partial charge < -0.3 is 0 Å². The third-order valence-electron chi connectivity index (χ3n) is 4.71. The van der Waals surface area contributed by atoms with E-state index in [4.69, 9.17) is 11.6 Å². The smallest absolute Gasteiger partial charge is 0.144 e. The molecule has 2 saturated carbocycles. The number of carbonyl (C=O) groups excluding carboxylic acids is 1. The lowest BCUT2D eigenvalue weighted by atomic mass is 9.96. The van der Waals surface area contributed by atoms with Crippen molar-refractivity contribution in [3.63, 3.8) is 0 Å². The van der Waals surface area contributed by atoms with E-state index in [2.05, 4.69) is 12.1 Å². The van der Waals surface area contributed by atoms with Gasteiger partial charge in [0.05, 0.1) is 0 Å². The van der Waals surface area contributed by atoms with Gasteiger partial charge in [0.15, 0.2) is 0 Å². The van der Waals surface area contributed by atoms with Gasteiger partial charge in [-0.1, -0.05) is 54.1 Å². The highest BCUT2D eigenvalue weighted by molar-refractivity contribution is 6.30. The molecule has 0 bridgehead atoms. The van der Waals surface area contributed by atoms with E-state index in [1.165, 1.54) is 11.1 Å². The van der Waals surface area contributed by atoms with Gasteiger partial charge in [-0.05, 0) is 48.9 Å². The molecule has 4 rings (SSSR count). The molecule has 2 aromatic carbocycles. The van der Waals surface area contributed by atoms with Gasteiger partial charge in [0.25, 0.3) is 0 Å². The summed E-state index contributed by atoms with van der Waals surface area (Å²) in [5.74, 6) is 1.55. The van der Waals surface area contributed by atoms with Gasteiger partial charge in [-0.2, -0.15) is 0 Å². The molecule has 0 aliphatic heterocycles. The van der Waals surface area contributed by atoms with E-state index < -0.39 is 0 Å². The first-order valence-corrected chi connectivity index (χ1v) is 8.20. The Morgan fingerprint density at radius 3 is 1.96 bits per heavy atom. The predicted molar refractivity (Wildman–Crippen MR) is 92.3 cm³/mol. The van der Waals surface area contributed by atoms with Crippen LogP contribution in [-0.4, -0.2) is 5.78 Å². The fraction of sp³-hybridized carbons (Fsp3) is 0.143. The number of hydrogen-bond donors (Lipinski definition) is 0. The molecule has 0 amide bonds. The highest BCUT2D eigenvalue weighted by Gasteiger charge is 2.57. The lowest BCUT2D eigenvalue weighted by Gasteiger charge is -2.06. The molecular formula is C21H16ClO. The maximum Gasteiger partial charge on any atom is 0.144 e. The molecule has 2 aliphatic carbocycles. The van der Waals surface area contributed by atoms with Crippen LogP contribution in [0.2, 0.25) is 5.02 Å². The van der Waals surface area contributed by atoms with Gasteiger partial charge >= 0.3 is 0 Å². The third kappa shape index (κ3) is 2.83. The molecule has 2 aromatic rings. The molecular weight excluding hydrogens is 304 g/mol. The number of rotatable bonds is 4. The van der Waals surface area contributed by atoms with Crippen LogP contribution >= 0.6 is 11.6 Å². The average molecular weight is 320 g/mol. The first-order valence-electron chi connectivity index (χ1n) is 7.82. The Morgan fingerprint density at radius 1 is 0.783 bits per heavy atom. The largest absolute Gasteiger partial charge is 0.299 e. The summed E-state index contributed by atoms with van der Waals surface area (Å²) in [4.78, 5) is 12.9. The SMILES string of the molecule is O=C([C]1[CH][CH][CH][CH]1)C1C(c2ccccc2)C1c1ccc(Cl)cc1. The Balaban J connectivity index is 1.64. The van der Waals surface area contributed by atoms with Crippen LogP contribution in [-0.2, 0) is 4.79 Å². The monoisotopic (exact) mass is 319 g/mol. The Labute approximate surface area is 142 Å². The quantitative estimate of drug-likeness (QED) is 0.790. The second-order valence-corrected chi connectivity index (χ2v) is 6.51. The molecule has 2 heteroatoms. The second kappa shape index (κ2) is 6.13. The van der Waals surface area contributed by atoms with Crippen LogP contribution in [0.5, 0.6) is 0 Å². The van der Waals surface area contributed by atoms with Crippen LogP contribution < -0.4 is 0 Å². The molecule has 3 unspecified atom stereocenters. The van der Waals surface area contributed by atoms with Gasteiger partial charge in [-0.15, -0.1) is 0 Å². The molecule has 0 aromatic heterocycles. The normalized spacial score (nSPS) is 27.1. The molecule has 2 aliphatic rings. The first kappa shape index (κ1) is 15.0. The van der Waals surface area contributed by atoms with Gasteiger partial charge in [0.2, 0.25) is 0 Å². The second-order valence-electron chi connectivity index (χ2n) is 6.08. The molecule has 23 heavy (non-hydrogen) atoms. The van der Waals surface area contributed by atoms with Crippen molar-refractivity contribution in [2.75, 3.05) is 0 Å². The molecule has 3 atom stereocenters. The molecule has 113 valence electrons. The van der Waals surface area contributed by atoms with Crippen LogP contribution in [0, 0.1) is 37.5 Å². The number of Topliss-reactive ketones (excluding diaryl/α,β-unsaturated/α-hetero) is 1. The van der Waals surface area contributed by atoms with E-state index in [0.717, 1.165) is 10.9 Å². The van der Waals surface area contributed by atoms with E-state index in [9.17, 15) is 4.79 Å². The van der Waals surface area contributed by atoms with Crippen LogP contribution in [0.25, 0.3) is 0 Å². The summed E-state index contributed by atoms with van der Waals surface area (Å²) in [6.45, 7) is 0. The summed E-state index contributed by atoms with van der Waals surface area (Å²) in [5, 5.41) is 0.726. The zero-order chi connectivity index (χ0) is 15.8. The highest BCUT2D eigenvalue weighted by Crippen LogP contribution is 2.62. The van der Waals surface area contributed by atoms with Crippen molar-refractivity contribution in [3.05, 3.63) is 102 Å². The summed E-state index contributed by atoms with van der Waals surface area (Å²) in [5.41, 5.74) is 2.42. The van der Waals surface area contributed by atoms with Crippen molar-refractivity contribution in [2.24, 2.45) is 5.92 Å². The zero-order valence-corrected chi connectivity index (χ0v) is 13.3. The van der Waals surface area contributed by atoms with Crippen molar-refractivity contribution in [1.29, 1.82) is 0 Å². The Hall–Kier alpha value is -1.60. The minimum Gasteiger partial charge on any atom is -0.299 e. The van der Waals surface area contributed by atoms with Crippen molar-refractivity contribution in [2.45, 2.75) is 11.8 Å². The van der Waals surface area contributed by atoms with Crippen molar-refractivity contribution in [3.8, 4) is 0 Å². The molecule has 1 nitrogen and oxygen atoms in total. The number of hydrogen-bond acceptors (Lipinski definition) is 1. The van der Waals surface area contributed by atoms with Crippen molar-refractivity contribution < 1.29 is 4.79 Å². The summed E-state index contributed by atoms with van der Waals surface area (Å²) in [6, 6.07) is 18.2. The number of benzene rings is 2. The molecule has 2 fully saturated rings. The number of carbonyl (C=O) groups is 1. The van der Waals surface area contributed by atoms with E-state index in [0.29, 0.717) is 0 Å². The lowest BCUT2D eigenvalue weighted by Crippen LogP contribution is -2.13. The van der Waals surface area contributed by atoms with Crippen molar-refractivity contribution in [1.82, 2.24) is 0 Å². The number of ketones is 1. The highest BCUT2D eigenvalue weighted by atomic mass is 35.5. The summed E-state index contributed by atoms with van der Waals surface area (Å²) >= 11 is 6.00. The first-order chi connectivity index (χ1) is 11.3. The van der Waals surface area contributed by atoms with Crippen LogP contribution in [0.1, 0.15) is 23.0 Å². The minimum absolute atomic E-state index is 0.0148. The van der Waals surface area contributed by atoms with E-state index in [1.807, 2.05) is 68.1 Å². The molecule has 0 N–H and O–H groups in total. The summed E-state index contributed by atoms with van der Waals surface area (Å²) in [6.07, 6.45) is 7.65. The molecule has 0 saturated heterocycles.